The summed E-state index contributed by atoms with van der Waals surface area (Å²) in [6.07, 6.45) is 3.13. The molecule has 3 rings (SSSR count). The summed E-state index contributed by atoms with van der Waals surface area (Å²) >= 11 is 6.04. The smallest absolute Gasteiger partial charge is 0.222 e. The first-order chi connectivity index (χ1) is 11.5. The first-order valence-corrected chi connectivity index (χ1v) is 8.43. The van der Waals surface area contributed by atoms with Gasteiger partial charge in [-0.1, -0.05) is 11.6 Å². The van der Waals surface area contributed by atoms with Gasteiger partial charge in [-0.2, -0.15) is 5.10 Å². The molecule has 2 aromatic rings. The number of rotatable bonds is 4. The second-order valence-corrected chi connectivity index (χ2v) is 6.68. The monoisotopic (exact) mass is 347 g/mol. The van der Waals surface area contributed by atoms with Gasteiger partial charge < -0.3 is 10.2 Å². The van der Waals surface area contributed by atoms with Crippen molar-refractivity contribution in [3.8, 4) is 0 Å². The van der Waals surface area contributed by atoms with Crippen LogP contribution in [0.25, 0.3) is 0 Å². The number of carbonyl (C=O) groups is 1. The standard InChI is InChI=1S/C17H22ClN5O/c1-11-8-12(9-15(18)21-11)10-19-13-4-5-16(24)22(2)17(13)14-6-7-20-23(14)3/h6-9,13,17,19H,4-5,10H2,1-3H3/t13-,17-/m0/s1. The van der Waals surface area contributed by atoms with Crippen molar-refractivity contribution in [3.05, 3.63) is 46.5 Å². The van der Waals surface area contributed by atoms with Crippen LogP contribution in [0.15, 0.2) is 24.4 Å². The Balaban J connectivity index is 1.79. The highest BCUT2D eigenvalue weighted by Crippen LogP contribution is 2.30. The molecule has 2 aromatic heterocycles. The predicted molar refractivity (Wildman–Crippen MR) is 92.6 cm³/mol. The fourth-order valence-electron chi connectivity index (χ4n) is 3.38. The van der Waals surface area contributed by atoms with Crippen LogP contribution in [0.2, 0.25) is 5.15 Å². The lowest BCUT2D eigenvalue weighted by atomic mass is 9.93. The number of nitrogens with zero attached hydrogens (tertiary/aromatic N) is 4. The molecule has 2 atom stereocenters. The van der Waals surface area contributed by atoms with Crippen molar-refractivity contribution in [2.24, 2.45) is 7.05 Å². The van der Waals surface area contributed by atoms with E-state index < -0.39 is 0 Å². The molecule has 7 heteroatoms. The zero-order valence-electron chi connectivity index (χ0n) is 14.2. The van der Waals surface area contributed by atoms with E-state index in [0.29, 0.717) is 18.1 Å². The van der Waals surface area contributed by atoms with Crippen molar-refractivity contribution in [1.29, 1.82) is 0 Å². The van der Waals surface area contributed by atoms with Crippen molar-refractivity contribution in [2.75, 3.05) is 7.05 Å². The van der Waals surface area contributed by atoms with E-state index in [1.807, 2.05) is 48.8 Å². The van der Waals surface area contributed by atoms with E-state index in [9.17, 15) is 4.79 Å². The van der Waals surface area contributed by atoms with Crippen LogP contribution in [0.1, 0.15) is 35.8 Å². The van der Waals surface area contributed by atoms with Gasteiger partial charge in [0, 0.05) is 45.0 Å². The molecular weight excluding hydrogens is 326 g/mol. The van der Waals surface area contributed by atoms with Crippen molar-refractivity contribution in [1.82, 2.24) is 25.0 Å². The van der Waals surface area contributed by atoms with E-state index >= 15 is 0 Å². The highest BCUT2D eigenvalue weighted by Gasteiger charge is 2.35. The number of carbonyl (C=O) groups excluding carboxylic acids is 1. The van der Waals surface area contributed by atoms with Gasteiger partial charge in [0.1, 0.15) is 5.15 Å². The number of hydrogen-bond donors (Lipinski definition) is 1. The van der Waals surface area contributed by atoms with E-state index in [1.54, 1.807) is 6.20 Å². The number of hydrogen-bond acceptors (Lipinski definition) is 4. The summed E-state index contributed by atoms with van der Waals surface area (Å²) in [5.41, 5.74) is 3.03. The molecule has 128 valence electrons. The minimum Gasteiger partial charge on any atom is -0.336 e. The van der Waals surface area contributed by atoms with Crippen LogP contribution in [-0.4, -0.2) is 38.7 Å². The molecule has 24 heavy (non-hydrogen) atoms. The zero-order chi connectivity index (χ0) is 17.3. The minimum absolute atomic E-state index is 0.0304. The van der Waals surface area contributed by atoms with Crippen molar-refractivity contribution in [2.45, 2.75) is 38.4 Å². The fraction of sp³-hybridized carbons (Fsp3) is 0.471. The van der Waals surface area contributed by atoms with Crippen LogP contribution in [0.4, 0.5) is 0 Å². The Morgan fingerprint density at radius 1 is 1.38 bits per heavy atom. The number of pyridine rings is 1. The van der Waals surface area contributed by atoms with Crippen molar-refractivity contribution >= 4 is 17.5 Å². The lowest BCUT2D eigenvalue weighted by Crippen LogP contribution is -2.49. The predicted octanol–water partition coefficient (Wildman–Crippen LogP) is 2.23. The van der Waals surface area contributed by atoms with Gasteiger partial charge in [0.2, 0.25) is 5.91 Å². The van der Waals surface area contributed by atoms with Gasteiger partial charge in [0.15, 0.2) is 0 Å². The molecule has 0 radical (unpaired) electrons. The van der Waals surface area contributed by atoms with Gasteiger partial charge in [-0.3, -0.25) is 9.48 Å². The number of amides is 1. The van der Waals surface area contributed by atoms with Crippen LogP contribution < -0.4 is 5.32 Å². The molecule has 1 amide bonds. The largest absolute Gasteiger partial charge is 0.336 e. The molecule has 0 saturated carbocycles. The number of likely N-dealkylation sites (N-methyl/N-ethyl adjacent to an activating group) is 1. The summed E-state index contributed by atoms with van der Waals surface area (Å²) in [6.45, 7) is 2.62. The highest BCUT2D eigenvalue weighted by molar-refractivity contribution is 6.29. The molecule has 6 nitrogen and oxygen atoms in total. The third-order valence-electron chi connectivity index (χ3n) is 4.57. The third-order valence-corrected chi connectivity index (χ3v) is 4.77. The first kappa shape index (κ1) is 16.9. The van der Waals surface area contributed by atoms with Gasteiger partial charge in [0.05, 0.1) is 11.7 Å². The Bertz CT molecular complexity index is 724. The third kappa shape index (κ3) is 3.44. The highest BCUT2D eigenvalue weighted by atomic mass is 35.5. The number of aromatic nitrogens is 3. The summed E-state index contributed by atoms with van der Waals surface area (Å²) in [7, 11) is 3.77. The second kappa shape index (κ2) is 6.91. The molecule has 1 N–H and O–H groups in total. The number of nitrogens with one attached hydrogen (secondary N) is 1. The van der Waals surface area contributed by atoms with Crippen LogP contribution in [0.3, 0.4) is 0 Å². The Morgan fingerprint density at radius 3 is 2.83 bits per heavy atom. The molecule has 0 unspecified atom stereocenters. The van der Waals surface area contributed by atoms with Crippen molar-refractivity contribution < 1.29 is 4.79 Å². The topological polar surface area (TPSA) is 63.1 Å². The number of halogens is 1. The first-order valence-electron chi connectivity index (χ1n) is 8.05. The van der Waals surface area contributed by atoms with E-state index in [-0.39, 0.29) is 18.0 Å². The van der Waals surface area contributed by atoms with Gasteiger partial charge in [-0.05, 0) is 37.1 Å². The molecule has 0 bridgehead atoms. The second-order valence-electron chi connectivity index (χ2n) is 6.29. The number of aryl methyl sites for hydroxylation is 2. The summed E-state index contributed by atoms with van der Waals surface area (Å²) in [4.78, 5) is 18.2. The Morgan fingerprint density at radius 2 is 2.17 bits per heavy atom. The Kier molecular flexibility index (Phi) is 4.87. The normalized spacial score (nSPS) is 21.3. The molecule has 1 aliphatic rings. The van der Waals surface area contributed by atoms with E-state index in [2.05, 4.69) is 15.4 Å². The lowest BCUT2D eigenvalue weighted by Gasteiger charge is -2.39. The van der Waals surface area contributed by atoms with Crippen LogP contribution >= 0.6 is 11.6 Å². The van der Waals surface area contributed by atoms with Gasteiger partial charge in [-0.25, -0.2) is 4.98 Å². The maximum absolute atomic E-state index is 12.2. The van der Waals surface area contributed by atoms with E-state index in [1.165, 1.54) is 0 Å². The molecule has 0 spiro atoms. The van der Waals surface area contributed by atoms with Gasteiger partial charge >= 0.3 is 0 Å². The summed E-state index contributed by atoms with van der Waals surface area (Å²) < 4.78 is 1.84. The van der Waals surface area contributed by atoms with E-state index in [4.69, 9.17) is 11.6 Å². The summed E-state index contributed by atoms with van der Waals surface area (Å²) in [6, 6.07) is 6.00. The zero-order valence-corrected chi connectivity index (χ0v) is 14.9. The van der Waals surface area contributed by atoms with Gasteiger partial charge in [0.25, 0.3) is 0 Å². The summed E-state index contributed by atoms with van der Waals surface area (Å²) in [5.74, 6) is 0.169. The summed E-state index contributed by atoms with van der Waals surface area (Å²) in [5, 5.41) is 8.35. The van der Waals surface area contributed by atoms with Gasteiger partial charge in [-0.15, -0.1) is 0 Å². The molecule has 0 aliphatic carbocycles. The lowest BCUT2D eigenvalue weighted by molar-refractivity contribution is -0.136. The molecule has 3 heterocycles. The molecular formula is C17H22ClN5O. The molecule has 1 aliphatic heterocycles. The Labute approximate surface area is 146 Å². The average Bonchev–Trinajstić information content (AvgIpc) is 2.93. The molecule has 1 fully saturated rings. The van der Waals surface area contributed by atoms with Crippen LogP contribution in [0, 0.1) is 6.92 Å². The molecule has 0 aromatic carbocycles. The number of likely N-dealkylation sites (tertiary alicyclic amines) is 1. The molecule has 1 saturated heterocycles. The fourth-order valence-corrected chi connectivity index (χ4v) is 3.65. The maximum Gasteiger partial charge on any atom is 0.222 e. The van der Waals surface area contributed by atoms with Crippen LogP contribution in [-0.2, 0) is 18.4 Å². The minimum atomic E-state index is -0.0304. The van der Waals surface area contributed by atoms with E-state index in [0.717, 1.165) is 23.4 Å². The average molecular weight is 348 g/mol. The Hall–Kier alpha value is -1.92. The van der Waals surface area contributed by atoms with Crippen LogP contribution in [0.5, 0.6) is 0 Å². The van der Waals surface area contributed by atoms with Crippen molar-refractivity contribution in [3.63, 3.8) is 0 Å². The maximum atomic E-state index is 12.2. The quantitative estimate of drug-likeness (QED) is 0.861. The SMILES string of the molecule is Cc1cc(CN[C@H]2CCC(=O)N(C)[C@@H]2c2ccnn2C)cc(Cl)n1. The number of piperidine rings is 1.